The van der Waals surface area contributed by atoms with Gasteiger partial charge in [-0.1, -0.05) is 32.0 Å². The maximum atomic E-state index is 5.88. The average molecular weight is 310 g/mol. The first-order chi connectivity index (χ1) is 11.2. The summed E-state index contributed by atoms with van der Waals surface area (Å²) in [6.07, 6.45) is 2.08. The number of furan rings is 1. The highest BCUT2D eigenvalue weighted by molar-refractivity contribution is 5.77. The van der Waals surface area contributed by atoms with Crippen LogP contribution >= 0.6 is 0 Å². The Balaban J connectivity index is 1.44. The number of rotatable bonds is 4. The van der Waals surface area contributed by atoms with E-state index in [0.29, 0.717) is 12.0 Å². The first-order valence-electron chi connectivity index (χ1n) is 8.33. The zero-order valence-electron chi connectivity index (χ0n) is 13.6. The van der Waals surface area contributed by atoms with Crippen molar-refractivity contribution in [3.05, 3.63) is 47.7 Å². The minimum atomic E-state index is 0.408. The number of aryl methyl sites for hydroxylation is 1. The highest BCUT2D eigenvalue weighted by atomic mass is 16.3. The van der Waals surface area contributed by atoms with Gasteiger partial charge in [0, 0.05) is 30.3 Å². The van der Waals surface area contributed by atoms with E-state index in [1.807, 2.05) is 18.2 Å². The molecule has 0 saturated carbocycles. The van der Waals surface area contributed by atoms with Gasteiger partial charge in [0.15, 0.2) is 0 Å². The summed E-state index contributed by atoms with van der Waals surface area (Å²) >= 11 is 0. The molecule has 3 aromatic rings. The summed E-state index contributed by atoms with van der Waals surface area (Å²) in [6, 6.07) is 10.7. The second-order valence-electron chi connectivity index (χ2n) is 6.61. The van der Waals surface area contributed by atoms with Crippen LogP contribution in [0, 0.1) is 0 Å². The van der Waals surface area contributed by atoms with E-state index >= 15 is 0 Å². The first-order valence-corrected chi connectivity index (χ1v) is 8.33. The number of nitrogens with zero attached hydrogens (tertiary/aromatic N) is 3. The monoisotopic (exact) mass is 310 g/mol. The maximum absolute atomic E-state index is 5.88. The summed E-state index contributed by atoms with van der Waals surface area (Å²) in [6.45, 7) is 6.04. The van der Waals surface area contributed by atoms with E-state index in [0.717, 1.165) is 54.3 Å². The molecule has 0 saturated heterocycles. The van der Waals surface area contributed by atoms with E-state index in [4.69, 9.17) is 4.42 Å². The van der Waals surface area contributed by atoms with Crippen LogP contribution in [-0.4, -0.2) is 20.8 Å². The van der Waals surface area contributed by atoms with Gasteiger partial charge in [0.25, 0.3) is 0 Å². The van der Waals surface area contributed by atoms with Crippen molar-refractivity contribution in [1.29, 1.82) is 0 Å². The second-order valence-corrected chi connectivity index (χ2v) is 6.61. The van der Waals surface area contributed by atoms with Crippen LogP contribution in [0.1, 0.15) is 43.6 Å². The SMILES string of the molecule is CC(C)c1nnc2n1CC(NCc1cc3ccccc3o1)CC2. The van der Waals surface area contributed by atoms with Crippen LogP contribution in [0.15, 0.2) is 34.7 Å². The molecule has 0 spiro atoms. The summed E-state index contributed by atoms with van der Waals surface area (Å²) in [5.74, 6) is 3.61. The molecule has 2 aromatic heterocycles. The largest absolute Gasteiger partial charge is 0.460 e. The third kappa shape index (κ3) is 2.77. The molecule has 23 heavy (non-hydrogen) atoms. The van der Waals surface area contributed by atoms with Crippen molar-refractivity contribution in [3.8, 4) is 0 Å². The molecule has 0 radical (unpaired) electrons. The number of aromatic nitrogens is 3. The maximum Gasteiger partial charge on any atom is 0.135 e. The van der Waals surface area contributed by atoms with Gasteiger partial charge in [-0.25, -0.2) is 0 Å². The number of fused-ring (bicyclic) bond motifs is 2. The molecule has 4 rings (SSSR count). The molecule has 1 unspecified atom stereocenters. The van der Waals surface area contributed by atoms with E-state index < -0.39 is 0 Å². The second kappa shape index (κ2) is 5.81. The molecule has 0 amide bonds. The van der Waals surface area contributed by atoms with Crippen molar-refractivity contribution in [3.63, 3.8) is 0 Å². The molecule has 0 bridgehead atoms. The molecule has 1 aliphatic heterocycles. The highest BCUT2D eigenvalue weighted by Crippen LogP contribution is 2.22. The first kappa shape index (κ1) is 14.5. The van der Waals surface area contributed by atoms with Gasteiger partial charge in [0.05, 0.1) is 6.54 Å². The van der Waals surface area contributed by atoms with Gasteiger partial charge in [0.1, 0.15) is 23.0 Å². The Morgan fingerprint density at radius 1 is 1.30 bits per heavy atom. The molecule has 1 atom stereocenters. The molecule has 1 N–H and O–H groups in total. The fraction of sp³-hybridized carbons (Fsp3) is 0.444. The van der Waals surface area contributed by atoms with Crippen molar-refractivity contribution in [2.45, 2.75) is 51.7 Å². The molecule has 3 heterocycles. The highest BCUT2D eigenvalue weighted by Gasteiger charge is 2.23. The van der Waals surface area contributed by atoms with Crippen LogP contribution in [0.25, 0.3) is 11.0 Å². The summed E-state index contributed by atoms with van der Waals surface area (Å²) in [5, 5.41) is 13.5. The molecular weight excluding hydrogens is 288 g/mol. The van der Waals surface area contributed by atoms with Crippen LogP contribution < -0.4 is 5.32 Å². The van der Waals surface area contributed by atoms with E-state index in [2.05, 4.69) is 46.1 Å². The van der Waals surface area contributed by atoms with Gasteiger partial charge in [-0.15, -0.1) is 10.2 Å². The summed E-state index contributed by atoms with van der Waals surface area (Å²) in [7, 11) is 0. The predicted molar refractivity (Wildman–Crippen MR) is 89.3 cm³/mol. The Hall–Kier alpha value is -2.14. The van der Waals surface area contributed by atoms with Crippen molar-refractivity contribution >= 4 is 11.0 Å². The normalized spacial score (nSPS) is 17.8. The van der Waals surface area contributed by atoms with Gasteiger partial charge in [-0.3, -0.25) is 0 Å². The van der Waals surface area contributed by atoms with Crippen molar-refractivity contribution in [2.75, 3.05) is 0 Å². The van der Waals surface area contributed by atoms with Crippen LogP contribution in [-0.2, 0) is 19.5 Å². The van der Waals surface area contributed by atoms with E-state index in [1.54, 1.807) is 0 Å². The molecule has 120 valence electrons. The van der Waals surface area contributed by atoms with Crippen molar-refractivity contribution in [2.24, 2.45) is 0 Å². The molecule has 5 heteroatoms. The fourth-order valence-corrected chi connectivity index (χ4v) is 3.31. The molecule has 1 aliphatic rings. The van der Waals surface area contributed by atoms with E-state index in [-0.39, 0.29) is 0 Å². The van der Waals surface area contributed by atoms with Crippen molar-refractivity contribution in [1.82, 2.24) is 20.1 Å². The number of hydrogen-bond donors (Lipinski definition) is 1. The van der Waals surface area contributed by atoms with Crippen molar-refractivity contribution < 1.29 is 4.42 Å². The quantitative estimate of drug-likeness (QED) is 0.803. The third-order valence-electron chi connectivity index (χ3n) is 4.53. The molecule has 5 nitrogen and oxygen atoms in total. The molecule has 0 aliphatic carbocycles. The van der Waals surface area contributed by atoms with Gasteiger partial charge in [-0.05, 0) is 18.6 Å². The van der Waals surface area contributed by atoms with Gasteiger partial charge in [-0.2, -0.15) is 0 Å². The van der Waals surface area contributed by atoms with E-state index in [1.165, 1.54) is 0 Å². The average Bonchev–Trinajstić information content (AvgIpc) is 3.15. The summed E-state index contributed by atoms with van der Waals surface area (Å²) in [5.41, 5.74) is 0.955. The Labute approximate surface area is 135 Å². The fourth-order valence-electron chi connectivity index (χ4n) is 3.31. The molecular formula is C18H22N4O. The summed E-state index contributed by atoms with van der Waals surface area (Å²) < 4.78 is 8.16. The van der Waals surface area contributed by atoms with Crippen LogP contribution in [0.2, 0.25) is 0 Å². The Morgan fingerprint density at radius 2 is 2.17 bits per heavy atom. The van der Waals surface area contributed by atoms with Crippen LogP contribution in [0.3, 0.4) is 0 Å². The minimum Gasteiger partial charge on any atom is -0.460 e. The van der Waals surface area contributed by atoms with Crippen LogP contribution in [0.5, 0.6) is 0 Å². The lowest BCUT2D eigenvalue weighted by molar-refractivity contribution is 0.358. The standard InChI is InChI=1S/C18H22N4O/c1-12(2)18-21-20-17-8-7-14(11-22(17)18)19-10-15-9-13-5-3-4-6-16(13)23-15/h3-6,9,12,14,19H,7-8,10-11H2,1-2H3. The lowest BCUT2D eigenvalue weighted by Gasteiger charge is -2.25. The number of para-hydroxylation sites is 1. The topological polar surface area (TPSA) is 55.9 Å². The zero-order chi connectivity index (χ0) is 15.8. The summed E-state index contributed by atoms with van der Waals surface area (Å²) in [4.78, 5) is 0. The third-order valence-corrected chi connectivity index (χ3v) is 4.53. The van der Waals surface area contributed by atoms with E-state index in [9.17, 15) is 0 Å². The molecule has 0 fully saturated rings. The number of nitrogens with one attached hydrogen (secondary N) is 1. The van der Waals surface area contributed by atoms with Crippen LogP contribution in [0.4, 0.5) is 0 Å². The Bertz CT molecular complexity index is 784. The van der Waals surface area contributed by atoms with Gasteiger partial charge in [0.2, 0.25) is 0 Å². The number of hydrogen-bond acceptors (Lipinski definition) is 4. The Morgan fingerprint density at radius 3 is 3.00 bits per heavy atom. The Kier molecular flexibility index (Phi) is 3.65. The smallest absolute Gasteiger partial charge is 0.135 e. The van der Waals surface area contributed by atoms with Gasteiger partial charge < -0.3 is 14.3 Å². The lowest BCUT2D eigenvalue weighted by atomic mass is 10.1. The minimum absolute atomic E-state index is 0.408. The molecule has 1 aromatic carbocycles. The zero-order valence-corrected chi connectivity index (χ0v) is 13.6. The predicted octanol–water partition coefficient (Wildman–Crippen LogP) is 3.25. The number of benzene rings is 1. The lowest BCUT2D eigenvalue weighted by Crippen LogP contribution is -2.37. The van der Waals surface area contributed by atoms with Gasteiger partial charge >= 0.3 is 0 Å².